The third-order valence-corrected chi connectivity index (χ3v) is 9.10. The van der Waals surface area contributed by atoms with E-state index in [0.717, 1.165) is 37.7 Å². The van der Waals surface area contributed by atoms with Crippen molar-refractivity contribution in [1.29, 1.82) is 0 Å². The summed E-state index contributed by atoms with van der Waals surface area (Å²) in [4.78, 5) is 15.9. The standard InChI is InChI=1S/C25H30N2O3S/c1-17-3-7-21(8-4-17)24-12-19-11-20(13-24)15-25(14-19,16-24)23(28)26-27-31(29,30)22-9-5-18(2)6-10-22/h3-10,19-20,27H,11-16H2,1-2H3,(H,26,28)/t19-,20+,24?,25?. The number of aryl methyl sites for hydroxylation is 2. The molecule has 4 bridgehead atoms. The monoisotopic (exact) mass is 438 g/mol. The van der Waals surface area contributed by atoms with Crippen molar-refractivity contribution < 1.29 is 13.2 Å². The maximum atomic E-state index is 13.4. The van der Waals surface area contributed by atoms with Crippen LogP contribution in [0.5, 0.6) is 0 Å². The van der Waals surface area contributed by atoms with E-state index >= 15 is 0 Å². The highest BCUT2D eigenvalue weighted by Gasteiger charge is 2.61. The van der Waals surface area contributed by atoms with Crippen molar-refractivity contribution in [2.75, 3.05) is 0 Å². The second-order valence-corrected chi connectivity index (χ2v) is 11.9. The number of carbonyl (C=O) groups is 1. The Balaban J connectivity index is 1.37. The quantitative estimate of drug-likeness (QED) is 0.689. The largest absolute Gasteiger partial charge is 0.277 e. The second-order valence-electron chi connectivity index (χ2n) is 10.3. The minimum Gasteiger partial charge on any atom is -0.277 e. The Morgan fingerprint density at radius 3 is 2.00 bits per heavy atom. The number of benzene rings is 2. The Labute approximate surface area is 184 Å². The number of nitrogens with one attached hydrogen (secondary N) is 2. The van der Waals surface area contributed by atoms with Crippen LogP contribution in [0.3, 0.4) is 0 Å². The smallest absolute Gasteiger partial charge is 0.257 e. The van der Waals surface area contributed by atoms with Crippen LogP contribution < -0.4 is 10.3 Å². The van der Waals surface area contributed by atoms with Gasteiger partial charge >= 0.3 is 0 Å². The van der Waals surface area contributed by atoms with Crippen molar-refractivity contribution in [2.45, 2.75) is 62.7 Å². The van der Waals surface area contributed by atoms with Crippen molar-refractivity contribution in [3.63, 3.8) is 0 Å². The number of sulfonamides is 1. The van der Waals surface area contributed by atoms with E-state index in [9.17, 15) is 13.2 Å². The molecule has 5 nitrogen and oxygen atoms in total. The summed E-state index contributed by atoms with van der Waals surface area (Å²) in [5, 5.41) is 0. The van der Waals surface area contributed by atoms with Crippen molar-refractivity contribution in [1.82, 2.24) is 10.3 Å². The fraction of sp³-hybridized carbons (Fsp3) is 0.480. The minimum atomic E-state index is -3.80. The predicted molar refractivity (Wildman–Crippen MR) is 120 cm³/mol. The van der Waals surface area contributed by atoms with Gasteiger partial charge in [0.25, 0.3) is 10.0 Å². The van der Waals surface area contributed by atoms with E-state index in [1.165, 1.54) is 17.5 Å². The maximum Gasteiger partial charge on any atom is 0.257 e. The molecule has 0 aliphatic heterocycles. The van der Waals surface area contributed by atoms with E-state index < -0.39 is 15.4 Å². The average molecular weight is 439 g/mol. The molecule has 4 aliphatic rings. The molecule has 31 heavy (non-hydrogen) atoms. The molecule has 4 saturated carbocycles. The lowest BCUT2D eigenvalue weighted by Gasteiger charge is -2.61. The molecule has 0 aromatic heterocycles. The molecule has 164 valence electrons. The van der Waals surface area contributed by atoms with Gasteiger partial charge in [0.2, 0.25) is 5.91 Å². The highest BCUT2D eigenvalue weighted by atomic mass is 32.2. The zero-order chi connectivity index (χ0) is 21.9. The summed E-state index contributed by atoms with van der Waals surface area (Å²) >= 11 is 0. The van der Waals surface area contributed by atoms with Crippen molar-refractivity contribution >= 4 is 15.9 Å². The van der Waals surface area contributed by atoms with Crippen LogP contribution in [0, 0.1) is 31.1 Å². The summed E-state index contributed by atoms with van der Waals surface area (Å²) in [5.74, 6) is 0.887. The Morgan fingerprint density at radius 2 is 1.42 bits per heavy atom. The van der Waals surface area contributed by atoms with Gasteiger partial charge in [-0.25, -0.2) is 8.42 Å². The van der Waals surface area contributed by atoms with Gasteiger partial charge in [0.15, 0.2) is 0 Å². The number of amides is 1. The first-order valence-corrected chi connectivity index (χ1v) is 12.6. The maximum absolute atomic E-state index is 13.4. The Hall–Kier alpha value is -2.18. The first-order chi connectivity index (χ1) is 14.7. The number of rotatable bonds is 5. The van der Waals surface area contributed by atoms with Gasteiger partial charge < -0.3 is 0 Å². The van der Waals surface area contributed by atoms with Gasteiger partial charge in [-0.05, 0) is 87.3 Å². The lowest BCUT2D eigenvalue weighted by molar-refractivity contribution is -0.149. The van der Waals surface area contributed by atoms with Crippen LogP contribution in [-0.2, 0) is 20.2 Å². The first-order valence-electron chi connectivity index (χ1n) is 11.2. The van der Waals surface area contributed by atoms with Gasteiger partial charge in [-0.3, -0.25) is 10.2 Å². The van der Waals surface area contributed by atoms with Crippen LogP contribution in [0.15, 0.2) is 53.4 Å². The first kappa shape index (κ1) is 20.7. The molecule has 0 spiro atoms. The molecule has 4 aliphatic carbocycles. The second kappa shape index (κ2) is 7.17. The number of hydrogen-bond donors (Lipinski definition) is 2. The summed E-state index contributed by atoms with van der Waals surface area (Å²) in [6.45, 7) is 4.00. The van der Waals surface area contributed by atoms with Crippen LogP contribution in [0.4, 0.5) is 0 Å². The molecule has 1 amide bonds. The van der Waals surface area contributed by atoms with Gasteiger partial charge in [0.1, 0.15) is 0 Å². The topological polar surface area (TPSA) is 75.3 Å². The third-order valence-electron chi connectivity index (χ3n) is 7.84. The highest BCUT2D eigenvalue weighted by molar-refractivity contribution is 7.89. The Morgan fingerprint density at radius 1 is 0.871 bits per heavy atom. The van der Waals surface area contributed by atoms with Crippen molar-refractivity contribution in [3.8, 4) is 0 Å². The van der Waals surface area contributed by atoms with Crippen LogP contribution in [0.25, 0.3) is 0 Å². The molecular formula is C25H30N2O3S. The zero-order valence-corrected chi connectivity index (χ0v) is 19.0. The van der Waals surface area contributed by atoms with Gasteiger partial charge in [0.05, 0.1) is 10.3 Å². The number of carbonyl (C=O) groups excluding carboxylic acids is 1. The molecule has 2 unspecified atom stereocenters. The molecule has 4 fully saturated rings. The minimum absolute atomic E-state index is 0.0327. The molecule has 6 rings (SSSR count). The van der Waals surface area contributed by atoms with E-state index in [1.807, 2.05) is 6.92 Å². The predicted octanol–water partition coefficient (Wildman–Crippen LogP) is 4.15. The van der Waals surface area contributed by atoms with E-state index in [2.05, 4.69) is 41.4 Å². The van der Waals surface area contributed by atoms with Crippen molar-refractivity contribution in [3.05, 3.63) is 65.2 Å². The molecule has 0 radical (unpaired) electrons. The molecular weight excluding hydrogens is 408 g/mol. The summed E-state index contributed by atoms with van der Waals surface area (Å²) in [6, 6.07) is 15.4. The molecule has 6 heteroatoms. The lowest BCUT2D eigenvalue weighted by Crippen LogP contribution is -2.60. The molecule has 2 aromatic carbocycles. The average Bonchev–Trinajstić information content (AvgIpc) is 2.72. The van der Waals surface area contributed by atoms with Gasteiger partial charge in [-0.15, -0.1) is 4.83 Å². The zero-order valence-electron chi connectivity index (χ0n) is 18.1. The molecule has 2 aromatic rings. The van der Waals surface area contributed by atoms with Gasteiger partial charge in [-0.2, -0.15) is 0 Å². The van der Waals surface area contributed by atoms with Crippen LogP contribution >= 0.6 is 0 Å². The fourth-order valence-corrected chi connectivity index (χ4v) is 7.63. The summed E-state index contributed by atoms with van der Waals surface area (Å²) in [7, 11) is -3.80. The van der Waals surface area contributed by atoms with E-state index in [4.69, 9.17) is 0 Å². The SMILES string of the molecule is Cc1ccc(C23C[C@@H]4C[C@@H](CC(C(=O)NNS(=O)(=O)c5ccc(C)cc5)(C4)C2)C3)cc1. The number of hydrazine groups is 1. The van der Waals surface area contributed by atoms with Gasteiger partial charge in [0, 0.05) is 0 Å². The molecule has 2 N–H and O–H groups in total. The third kappa shape index (κ3) is 3.60. The van der Waals surface area contributed by atoms with Gasteiger partial charge in [-0.1, -0.05) is 47.5 Å². The molecule has 4 atom stereocenters. The van der Waals surface area contributed by atoms with E-state index in [1.54, 1.807) is 24.3 Å². The van der Waals surface area contributed by atoms with E-state index in [0.29, 0.717) is 11.8 Å². The lowest BCUT2D eigenvalue weighted by atomic mass is 9.42. The van der Waals surface area contributed by atoms with Crippen LogP contribution in [0.2, 0.25) is 0 Å². The summed E-state index contributed by atoms with van der Waals surface area (Å²) in [5.41, 5.74) is 5.70. The normalized spacial score (nSPS) is 31.5. The summed E-state index contributed by atoms with van der Waals surface area (Å²) in [6.07, 6.45) is 5.98. The number of hydrogen-bond acceptors (Lipinski definition) is 3. The van der Waals surface area contributed by atoms with Crippen LogP contribution in [0.1, 0.15) is 55.2 Å². The Bertz CT molecular complexity index is 1090. The Kier molecular flexibility index (Phi) is 4.79. The molecule has 0 saturated heterocycles. The highest BCUT2D eigenvalue weighted by Crippen LogP contribution is 2.65. The fourth-order valence-electron chi connectivity index (χ4n) is 6.80. The van der Waals surface area contributed by atoms with Crippen LogP contribution in [-0.4, -0.2) is 14.3 Å². The van der Waals surface area contributed by atoms with E-state index in [-0.39, 0.29) is 16.2 Å². The van der Waals surface area contributed by atoms with Crippen molar-refractivity contribution in [2.24, 2.45) is 17.3 Å². The molecule has 0 heterocycles. The summed E-state index contributed by atoms with van der Waals surface area (Å²) < 4.78 is 25.3.